The van der Waals surface area contributed by atoms with E-state index in [4.69, 9.17) is 19.2 Å². The summed E-state index contributed by atoms with van der Waals surface area (Å²) in [5.41, 5.74) is -0.447. The van der Waals surface area contributed by atoms with Crippen molar-refractivity contribution in [1.29, 1.82) is 0 Å². The van der Waals surface area contributed by atoms with Crippen molar-refractivity contribution in [2.24, 2.45) is 23.7 Å². The lowest BCUT2D eigenvalue weighted by Gasteiger charge is -2.61. The van der Waals surface area contributed by atoms with Gasteiger partial charge in [-0.05, 0) is 63.8 Å². The third-order valence-corrected chi connectivity index (χ3v) is 9.56. The predicted molar refractivity (Wildman–Crippen MR) is 116 cm³/mol. The summed E-state index contributed by atoms with van der Waals surface area (Å²) in [6, 6.07) is 0. The van der Waals surface area contributed by atoms with Gasteiger partial charge in [0.25, 0.3) is 0 Å². The quantitative estimate of drug-likeness (QED) is 0.670. The minimum absolute atomic E-state index is 0.0997. The lowest BCUT2D eigenvalue weighted by molar-refractivity contribution is -0.574. The van der Waals surface area contributed by atoms with Gasteiger partial charge >= 0.3 is 0 Å². The second-order valence-electron chi connectivity index (χ2n) is 11.3. The molecule has 2 bridgehead atoms. The van der Waals surface area contributed by atoms with Crippen molar-refractivity contribution >= 4 is 0 Å². The SMILES string of the molecule is C[C@H]1[C@H](N2CCN(C3CCCCN3)CC2)O[C@@H]2O[C@@]3(C)CC[C@H]4[C@H](C)CC[C@@H]1[C@@]24OO3. The fourth-order valence-electron chi connectivity index (χ4n) is 7.75. The van der Waals surface area contributed by atoms with Crippen LogP contribution in [0.1, 0.15) is 65.7 Å². The van der Waals surface area contributed by atoms with Gasteiger partial charge in [0, 0.05) is 44.4 Å². The molecule has 31 heavy (non-hydrogen) atoms. The zero-order chi connectivity index (χ0) is 21.2. The summed E-state index contributed by atoms with van der Waals surface area (Å²) >= 11 is 0. The van der Waals surface area contributed by atoms with Gasteiger partial charge in [-0.3, -0.25) is 9.80 Å². The Morgan fingerprint density at radius 1 is 0.871 bits per heavy atom. The monoisotopic (exact) mass is 435 g/mol. The van der Waals surface area contributed by atoms with Gasteiger partial charge in [-0.1, -0.05) is 13.8 Å². The Kier molecular flexibility index (Phi) is 5.42. The molecular formula is C24H41N3O4. The zero-order valence-corrected chi connectivity index (χ0v) is 19.6. The van der Waals surface area contributed by atoms with Gasteiger partial charge in [0.05, 0.1) is 6.17 Å². The molecule has 1 aliphatic carbocycles. The molecule has 0 aromatic rings. The maximum Gasteiger partial charge on any atom is 0.201 e. The van der Waals surface area contributed by atoms with Crippen LogP contribution in [0, 0.1) is 23.7 Å². The van der Waals surface area contributed by atoms with E-state index in [2.05, 4.69) is 29.0 Å². The number of fused-ring (bicyclic) bond motifs is 2. The first-order chi connectivity index (χ1) is 15.0. The molecule has 1 spiro atoms. The minimum Gasteiger partial charge on any atom is -0.331 e. The predicted octanol–water partition coefficient (Wildman–Crippen LogP) is 2.91. The molecule has 7 aliphatic rings. The molecule has 7 nitrogen and oxygen atoms in total. The standard InChI is InChI=1S/C24H41N3O4/c1-16-7-8-19-17(2)21(27-14-12-26(13-15-27)20-6-4-5-11-25-20)28-22-24(19)18(16)9-10-23(3,29-22)30-31-24/h16-22,25H,4-15H2,1-3H3/t16-,17-,18+,19+,20?,21-,22-,23-,24-/m1/s1. The molecule has 1 saturated carbocycles. The molecule has 9 atom stereocenters. The molecular weight excluding hydrogens is 394 g/mol. The topological polar surface area (TPSA) is 55.4 Å². The van der Waals surface area contributed by atoms with Crippen molar-refractivity contribution in [1.82, 2.24) is 15.1 Å². The average molecular weight is 436 g/mol. The van der Waals surface area contributed by atoms with E-state index < -0.39 is 11.4 Å². The van der Waals surface area contributed by atoms with Crippen LogP contribution in [0.25, 0.3) is 0 Å². The van der Waals surface area contributed by atoms with Gasteiger partial charge in [-0.25, -0.2) is 9.78 Å². The molecule has 6 heterocycles. The Balaban J connectivity index is 1.21. The molecule has 0 aromatic carbocycles. The first-order valence-corrected chi connectivity index (χ1v) is 12.9. The van der Waals surface area contributed by atoms with Gasteiger partial charge < -0.3 is 14.8 Å². The van der Waals surface area contributed by atoms with E-state index in [0.717, 1.165) is 45.6 Å². The van der Waals surface area contributed by atoms with E-state index in [0.29, 0.717) is 29.8 Å². The summed E-state index contributed by atoms with van der Waals surface area (Å²) in [7, 11) is 0. The van der Waals surface area contributed by atoms with Crippen LogP contribution < -0.4 is 5.32 Å². The fourth-order valence-corrected chi connectivity index (χ4v) is 7.75. The normalized spacial score (nSPS) is 53.7. The summed E-state index contributed by atoms with van der Waals surface area (Å²) in [5.74, 6) is 1.19. The molecule has 6 saturated heterocycles. The van der Waals surface area contributed by atoms with Crippen LogP contribution in [0.5, 0.6) is 0 Å². The zero-order valence-electron chi connectivity index (χ0n) is 19.6. The highest BCUT2D eigenvalue weighted by Crippen LogP contribution is 2.60. The number of piperidine rings is 1. The number of hydrogen-bond donors (Lipinski definition) is 1. The summed E-state index contributed by atoms with van der Waals surface area (Å²) in [6.07, 6.45) is 8.70. The Morgan fingerprint density at radius 3 is 2.45 bits per heavy atom. The summed E-state index contributed by atoms with van der Waals surface area (Å²) < 4.78 is 13.4. The first-order valence-electron chi connectivity index (χ1n) is 12.9. The molecule has 0 amide bonds. The molecule has 1 N–H and O–H groups in total. The number of rotatable bonds is 2. The lowest BCUT2D eigenvalue weighted by atomic mass is 9.58. The fraction of sp³-hybridized carbons (Fsp3) is 1.00. The number of ether oxygens (including phenoxy) is 2. The molecule has 176 valence electrons. The van der Waals surface area contributed by atoms with Crippen molar-refractivity contribution < 1.29 is 19.2 Å². The van der Waals surface area contributed by atoms with Crippen molar-refractivity contribution in [2.45, 2.75) is 95.8 Å². The highest BCUT2D eigenvalue weighted by atomic mass is 17.3. The Labute approximate surface area is 187 Å². The van der Waals surface area contributed by atoms with E-state index in [1.54, 1.807) is 0 Å². The smallest absolute Gasteiger partial charge is 0.201 e. The molecule has 6 aliphatic heterocycles. The van der Waals surface area contributed by atoms with E-state index in [1.807, 2.05) is 6.92 Å². The number of piperazine rings is 1. The maximum atomic E-state index is 6.84. The van der Waals surface area contributed by atoms with E-state index in [1.165, 1.54) is 32.1 Å². The highest BCUT2D eigenvalue weighted by molar-refractivity contribution is 5.10. The van der Waals surface area contributed by atoms with Gasteiger partial charge in [0.15, 0.2) is 11.9 Å². The molecule has 1 unspecified atom stereocenters. The van der Waals surface area contributed by atoms with Gasteiger partial charge in [-0.15, -0.1) is 0 Å². The average Bonchev–Trinajstić information content (AvgIpc) is 3.03. The van der Waals surface area contributed by atoms with E-state index >= 15 is 0 Å². The van der Waals surface area contributed by atoms with Crippen LogP contribution >= 0.6 is 0 Å². The van der Waals surface area contributed by atoms with Crippen LogP contribution in [-0.4, -0.2) is 72.6 Å². The highest BCUT2D eigenvalue weighted by Gasteiger charge is 2.69. The van der Waals surface area contributed by atoms with Crippen molar-refractivity contribution in [3.05, 3.63) is 0 Å². The largest absolute Gasteiger partial charge is 0.331 e. The summed E-state index contributed by atoms with van der Waals surface area (Å²) in [4.78, 5) is 17.5. The molecule has 7 fully saturated rings. The molecule has 0 aromatic heterocycles. The van der Waals surface area contributed by atoms with E-state index in [9.17, 15) is 0 Å². The van der Waals surface area contributed by atoms with Gasteiger partial charge in [-0.2, -0.15) is 0 Å². The third-order valence-electron chi connectivity index (χ3n) is 9.56. The van der Waals surface area contributed by atoms with Gasteiger partial charge in [0.1, 0.15) is 6.23 Å². The second-order valence-corrected chi connectivity index (χ2v) is 11.3. The minimum atomic E-state index is -0.687. The second kappa shape index (κ2) is 7.90. The summed E-state index contributed by atoms with van der Waals surface area (Å²) in [6.45, 7) is 12.3. The number of hydrogen-bond acceptors (Lipinski definition) is 7. The molecule has 0 radical (unpaired) electrons. The molecule has 7 rings (SSSR count). The third kappa shape index (κ3) is 3.34. The molecule has 7 heteroatoms. The van der Waals surface area contributed by atoms with Crippen LogP contribution in [0.4, 0.5) is 0 Å². The lowest BCUT2D eigenvalue weighted by Crippen LogP contribution is -2.72. The maximum absolute atomic E-state index is 6.84. The number of nitrogens with zero attached hydrogens (tertiary/aromatic N) is 2. The summed E-state index contributed by atoms with van der Waals surface area (Å²) in [5, 5.41) is 3.72. The van der Waals surface area contributed by atoms with Gasteiger partial charge in [0.2, 0.25) is 5.79 Å². The Morgan fingerprint density at radius 2 is 1.68 bits per heavy atom. The van der Waals surface area contributed by atoms with Crippen molar-refractivity contribution in [2.75, 3.05) is 32.7 Å². The van der Waals surface area contributed by atoms with Crippen molar-refractivity contribution in [3.63, 3.8) is 0 Å². The van der Waals surface area contributed by atoms with Crippen LogP contribution in [0.2, 0.25) is 0 Å². The van der Waals surface area contributed by atoms with Crippen molar-refractivity contribution in [3.8, 4) is 0 Å². The number of nitrogens with one attached hydrogen (secondary N) is 1. The Hall–Kier alpha value is -0.280. The van der Waals surface area contributed by atoms with Crippen LogP contribution in [0.3, 0.4) is 0 Å². The Bertz CT molecular complexity index is 667. The van der Waals surface area contributed by atoms with Crippen LogP contribution in [0.15, 0.2) is 0 Å². The van der Waals surface area contributed by atoms with E-state index in [-0.39, 0.29) is 12.5 Å². The first kappa shape index (κ1) is 21.3. The van der Waals surface area contributed by atoms with Crippen LogP contribution in [-0.2, 0) is 19.2 Å².